The van der Waals surface area contributed by atoms with Crippen molar-refractivity contribution in [1.82, 2.24) is 19.9 Å². The fourth-order valence-corrected chi connectivity index (χ4v) is 2.16. The molecule has 0 radical (unpaired) electrons. The smallest absolute Gasteiger partial charge is 0.318 e. The molecule has 0 unspecified atom stereocenters. The maximum absolute atomic E-state index is 5.25. The Hall–Kier alpha value is -3.62. The van der Waals surface area contributed by atoms with Crippen LogP contribution in [-0.4, -0.2) is 41.3 Å². The summed E-state index contributed by atoms with van der Waals surface area (Å²) in [6, 6.07) is 9.50. The largest absolute Gasteiger partial charge is 0.497 e. The first-order valence-electron chi connectivity index (χ1n) is 7.67. The summed E-state index contributed by atoms with van der Waals surface area (Å²) in [4.78, 5) is 16.6. The van der Waals surface area contributed by atoms with E-state index in [1.807, 2.05) is 24.3 Å². The van der Waals surface area contributed by atoms with Crippen molar-refractivity contribution in [2.75, 3.05) is 32.0 Å². The second-order valence-electron chi connectivity index (χ2n) is 5.04. The minimum absolute atomic E-state index is 0.220. The summed E-state index contributed by atoms with van der Waals surface area (Å²) in [6.45, 7) is 0. The Balaban J connectivity index is 1.81. The Morgan fingerprint density at radius 3 is 2.38 bits per heavy atom. The van der Waals surface area contributed by atoms with Crippen LogP contribution < -0.4 is 24.8 Å². The number of nitrogens with one attached hydrogen (secondary N) is 2. The summed E-state index contributed by atoms with van der Waals surface area (Å²) in [7, 11) is 4.65. The molecule has 0 amide bonds. The molecule has 26 heavy (non-hydrogen) atoms. The van der Waals surface area contributed by atoms with Crippen LogP contribution in [0.25, 0.3) is 0 Å². The lowest BCUT2D eigenvalue weighted by atomic mass is 10.3. The molecule has 0 saturated carbocycles. The molecule has 0 bridgehead atoms. The van der Waals surface area contributed by atoms with E-state index < -0.39 is 0 Å². The van der Waals surface area contributed by atoms with Gasteiger partial charge in [-0.05, 0) is 12.1 Å². The van der Waals surface area contributed by atoms with Gasteiger partial charge in [-0.2, -0.15) is 9.97 Å². The van der Waals surface area contributed by atoms with Crippen molar-refractivity contribution in [2.24, 2.45) is 0 Å². The normalized spacial score (nSPS) is 10.1. The zero-order chi connectivity index (χ0) is 18.4. The molecule has 1 aromatic carbocycles. The zero-order valence-corrected chi connectivity index (χ0v) is 14.6. The van der Waals surface area contributed by atoms with E-state index in [9.17, 15) is 0 Å². The molecule has 134 valence electrons. The van der Waals surface area contributed by atoms with E-state index in [-0.39, 0.29) is 6.01 Å². The molecule has 0 atom stereocenters. The number of hydrogen-bond donors (Lipinski definition) is 2. The summed E-state index contributed by atoms with van der Waals surface area (Å²) in [5.74, 6) is 2.79. The van der Waals surface area contributed by atoms with Crippen molar-refractivity contribution in [3.8, 4) is 17.5 Å². The monoisotopic (exact) mass is 354 g/mol. The molecule has 9 nitrogen and oxygen atoms in total. The van der Waals surface area contributed by atoms with Crippen LogP contribution in [0, 0.1) is 0 Å². The van der Waals surface area contributed by atoms with E-state index in [2.05, 4.69) is 30.6 Å². The summed E-state index contributed by atoms with van der Waals surface area (Å²) >= 11 is 0. The molecule has 0 fully saturated rings. The minimum atomic E-state index is 0.220. The number of anilines is 4. The van der Waals surface area contributed by atoms with Gasteiger partial charge >= 0.3 is 6.01 Å². The second-order valence-corrected chi connectivity index (χ2v) is 5.04. The van der Waals surface area contributed by atoms with Crippen LogP contribution in [0.4, 0.5) is 23.1 Å². The van der Waals surface area contributed by atoms with E-state index in [4.69, 9.17) is 14.2 Å². The van der Waals surface area contributed by atoms with Crippen LogP contribution in [0.15, 0.2) is 42.9 Å². The predicted molar refractivity (Wildman–Crippen MR) is 96.7 cm³/mol. The summed E-state index contributed by atoms with van der Waals surface area (Å²) < 4.78 is 15.5. The first-order chi connectivity index (χ1) is 12.7. The molecule has 0 saturated heterocycles. The summed E-state index contributed by atoms with van der Waals surface area (Å²) in [6.07, 6.45) is 2.96. The Morgan fingerprint density at radius 2 is 1.65 bits per heavy atom. The van der Waals surface area contributed by atoms with Crippen molar-refractivity contribution >= 4 is 23.1 Å². The lowest BCUT2D eigenvalue weighted by molar-refractivity contribution is 0.371. The fraction of sp³-hybridized carbons (Fsp3) is 0.176. The molecule has 0 spiro atoms. The molecule has 9 heteroatoms. The molecular formula is C17H18N6O3. The van der Waals surface area contributed by atoms with Crippen LogP contribution in [-0.2, 0) is 0 Å². The second kappa shape index (κ2) is 7.97. The number of methoxy groups -OCH3 is 3. The average Bonchev–Trinajstić information content (AvgIpc) is 2.68. The lowest BCUT2D eigenvalue weighted by Crippen LogP contribution is -2.03. The van der Waals surface area contributed by atoms with Gasteiger partial charge in [0.05, 0.1) is 27.5 Å². The molecule has 0 aliphatic rings. The van der Waals surface area contributed by atoms with E-state index in [0.29, 0.717) is 23.2 Å². The molecule has 3 aromatic rings. The molecule has 3 rings (SSSR count). The molecule has 2 heterocycles. The Kier molecular flexibility index (Phi) is 5.28. The number of benzene rings is 1. The third-order valence-electron chi connectivity index (χ3n) is 3.39. The number of ether oxygens (including phenoxy) is 3. The Labute approximate surface area is 150 Å². The van der Waals surface area contributed by atoms with Crippen LogP contribution in [0.2, 0.25) is 0 Å². The van der Waals surface area contributed by atoms with Crippen molar-refractivity contribution < 1.29 is 14.2 Å². The van der Waals surface area contributed by atoms with Crippen molar-refractivity contribution in [2.45, 2.75) is 0 Å². The average molecular weight is 354 g/mol. The highest BCUT2D eigenvalue weighted by molar-refractivity contribution is 5.64. The Bertz CT molecular complexity index is 890. The molecular weight excluding hydrogens is 336 g/mol. The maximum atomic E-state index is 5.25. The van der Waals surface area contributed by atoms with Gasteiger partial charge in [0.25, 0.3) is 0 Å². The predicted octanol–water partition coefficient (Wildman–Crippen LogP) is 2.78. The van der Waals surface area contributed by atoms with E-state index in [0.717, 1.165) is 11.4 Å². The van der Waals surface area contributed by atoms with E-state index in [1.165, 1.54) is 26.7 Å². The topological polar surface area (TPSA) is 103 Å². The third kappa shape index (κ3) is 4.07. The molecule has 0 aliphatic heterocycles. The van der Waals surface area contributed by atoms with Crippen LogP contribution in [0.5, 0.6) is 17.5 Å². The number of aromatic nitrogens is 4. The number of nitrogens with zero attached hydrogens (tertiary/aromatic N) is 4. The van der Waals surface area contributed by atoms with Gasteiger partial charge in [0, 0.05) is 17.8 Å². The van der Waals surface area contributed by atoms with Gasteiger partial charge in [-0.3, -0.25) is 0 Å². The third-order valence-corrected chi connectivity index (χ3v) is 3.39. The highest BCUT2D eigenvalue weighted by Crippen LogP contribution is 2.27. The highest BCUT2D eigenvalue weighted by Gasteiger charge is 2.10. The molecule has 2 aromatic heterocycles. The molecule has 0 aliphatic carbocycles. The van der Waals surface area contributed by atoms with E-state index >= 15 is 0 Å². The van der Waals surface area contributed by atoms with Crippen molar-refractivity contribution in [1.29, 1.82) is 0 Å². The van der Waals surface area contributed by atoms with Crippen molar-refractivity contribution in [3.05, 3.63) is 42.9 Å². The van der Waals surface area contributed by atoms with Crippen LogP contribution >= 0.6 is 0 Å². The van der Waals surface area contributed by atoms with Gasteiger partial charge in [0.15, 0.2) is 11.6 Å². The molecule has 2 N–H and O–H groups in total. The standard InChI is InChI=1S/C17H18N6O3/c1-24-12-6-4-5-11(7-12)21-14-8-15(20-10-19-14)22-16-13(25-2)9-18-17(23-16)26-3/h4-10H,1-3H3,(H2,18,19,20,21,22,23). The fourth-order valence-electron chi connectivity index (χ4n) is 2.16. The zero-order valence-electron chi connectivity index (χ0n) is 14.6. The van der Waals surface area contributed by atoms with Gasteiger partial charge in [0.2, 0.25) is 0 Å². The van der Waals surface area contributed by atoms with Crippen LogP contribution in [0.3, 0.4) is 0 Å². The van der Waals surface area contributed by atoms with Gasteiger partial charge in [-0.25, -0.2) is 9.97 Å². The maximum Gasteiger partial charge on any atom is 0.318 e. The van der Waals surface area contributed by atoms with E-state index in [1.54, 1.807) is 13.2 Å². The first kappa shape index (κ1) is 17.2. The van der Waals surface area contributed by atoms with Crippen LogP contribution in [0.1, 0.15) is 0 Å². The lowest BCUT2D eigenvalue weighted by Gasteiger charge is -2.11. The number of hydrogen-bond acceptors (Lipinski definition) is 9. The minimum Gasteiger partial charge on any atom is -0.497 e. The van der Waals surface area contributed by atoms with Crippen molar-refractivity contribution in [3.63, 3.8) is 0 Å². The van der Waals surface area contributed by atoms with Gasteiger partial charge in [-0.15, -0.1) is 0 Å². The summed E-state index contributed by atoms with van der Waals surface area (Å²) in [5.41, 5.74) is 0.843. The highest BCUT2D eigenvalue weighted by atomic mass is 16.5. The quantitative estimate of drug-likeness (QED) is 0.663. The Morgan fingerprint density at radius 1 is 0.846 bits per heavy atom. The SMILES string of the molecule is COc1cccc(Nc2cc(Nc3nc(OC)ncc3OC)ncn2)c1. The van der Waals surface area contributed by atoms with Gasteiger partial charge < -0.3 is 24.8 Å². The van der Waals surface area contributed by atoms with Gasteiger partial charge in [0.1, 0.15) is 23.7 Å². The number of rotatable bonds is 7. The summed E-state index contributed by atoms with van der Waals surface area (Å²) in [5, 5.41) is 6.27. The van der Waals surface area contributed by atoms with Gasteiger partial charge in [-0.1, -0.05) is 6.07 Å². The first-order valence-corrected chi connectivity index (χ1v) is 7.67.